The van der Waals surface area contributed by atoms with E-state index < -0.39 is 0 Å². The summed E-state index contributed by atoms with van der Waals surface area (Å²) in [6.07, 6.45) is 11.3. The second-order valence-electron chi connectivity index (χ2n) is 8.97. The van der Waals surface area contributed by atoms with E-state index in [4.69, 9.17) is 5.21 Å². The van der Waals surface area contributed by atoms with Crippen LogP contribution in [0.1, 0.15) is 103 Å². The molecule has 160 valence electrons. The Bertz CT molecular complexity index is 579. The minimum atomic E-state index is -0.0341. The van der Waals surface area contributed by atoms with Crippen molar-refractivity contribution in [2.45, 2.75) is 97.9 Å². The van der Waals surface area contributed by atoms with Gasteiger partial charge in [0.1, 0.15) is 5.75 Å². The van der Waals surface area contributed by atoms with Crippen molar-refractivity contribution in [1.29, 1.82) is 0 Å². The van der Waals surface area contributed by atoms with Gasteiger partial charge in [0.05, 0.1) is 6.21 Å². The lowest BCUT2D eigenvalue weighted by atomic mass is 9.84. The number of unbranched alkanes of at least 4 members (excludes halogenated alkanes) is 6. The first-order valence-electron chi connectivity index (χ1n) is 11.1. The maximum absolute atomic E-state index is 10.7. The number of aromatic hydroxyl groups is 1. The summed E-state index contributed by atoms with van der Waals surface area (Å²) in [4.78, 5) is 2.48. The first-order chi connectivity index (χ1) is 13.3. The molecule has 0 amide bonds. The third-order valence-electron chi connectivity index (χ3n) is 5.33. The molecule has 0 aliphatic carbocycles. The van der Waals surface area contributed by atoms with Crippen LogP contribution >= 0.6 is 0 Å². The van der Waals surface area contributed by atoms with Gasteiger partial charge in [0.2, 0.25) is 0 Å². The Morgan fingerprint density at radius 3 is 1.96 bits per heavy atom. The van der Waals surface area contributed by atoms with Crippen molar-refractivity contribution >= 4 is 6.21 Å². The van der Waals surface area contributed by atoms with Gasteiger partial charge in [-0.25, -0.2) is 0 Å². The normalized spacial score (nSPS) is 12.4. The van der Waals surface area contributed by atoms with Crippen molar-refractivity contribution in [2.75, 3.05) is 13.1 Å². The van der Waals surface area contributed by atoms with E-state index in [0.717, 1.165) is 30.8 Å². The largest absolute Gasteiger partial charge is 0.507 e. The maximum atomic E-state index is 10.7. The molecule has 1 aromatic rings. The summed E-state index contributed by atoms with van der Waals surface area (Å²) < 4.78 is 0. The second kappa shape index (κ2) is 12.8. The Balaban J connectivity index is 3.00. The van der Waals surface area contributed by atoms with Gasteiger partial charge in [0, 0.05) is 17.7 Å². The van der Waals surface area contributed by atoms with Crippen LogP contribution < -0.4 is 0 Å². The predicted octanol–water partition coefficient (Wildman–Crippen LogP) is 6.46. The molecule has 0 spiro atoms. The van der Waals surface area contributed by atoms with Gasteiger partial charge in [-0.2, -0.15) is 0 Å². The van der Waals surface area contributed by atoms with Crippen LogP contribution in [0.4, 0.5) is 0 Å². The van der Waals surface area contributed by atoms with Crippen LogP contribution in [0.2, 0.25) is 0 Å². The summed E-state index contributed by atoms with van der Waals surface area (Å²) in [5.41, 5.74) is 2.62. The molecule has 4 heteroatoms. The number of oxime groups is 1. The summed E-state index contributed by atoms with van der Waals surface area (Å²) in [5.74, 6) is 0.234. The highest BCUT2D eigenvalue weighted by Crippen LogP contribution is 2.31. The topological polar surface area (TPSA) is 56.1 Å². The molecule has 2 N–H and O–H groups in total. The molecule has 0 saturated carbocycles. The molecule has 0 saturated heterocycles. The van der Waals surface area contributed by atoms with E-state index in [9.17, 15) is 5.11 Å². The van der Waals surface area contributed by atoms with Gasteiger partial charge in [-0.05, 0) is 43.0 Å². The van der Waals surface area contributed by atoms with Gasteiger partial charge >= 0.3 is 0 Å². The fraction of sp³-hybridized carbons (Fsp3) is 0.708. The number of hydrogen-bond donors (Lipinski definition) is 2. The van der Waals surface area contributed by atoms with E-state index in [0.29, 0.717) is 5.56 Å². The van der Waals surface area contributed by atoms with Crippen LogP contribution in [0.15, 0.2) is 17.3 Å². The average molecular weight is 391 g/mol. The Hall–Kier alpha value is -1.55. The lowest BCUT2D eigenvalue weighted by molar-refractivity contribution is 0.249. The summed E-state index contributed by atoms with van der Waals surface area (Å²) in [7, 11) is 0. The highest BCUT2D eigenvalue weighted by molar-refractivity contribution is 5.84. The molecule has 0 bridgehead atoms. The predicted molar refractivity (Wildman–Crippen MR) is 120 cm³/mol. The zero-order valence-corrected chi connectivity index (χ0v) is 18.8. The second-order valence-corrected chi connectivity index (χ2v) is 8.97. The first-order valence-corrected chi connectivity index (χ1v) is 11.1. The Morgan fingerprint density at radius 2 is 1.50 bits per heavy atom. The van der Waals surface area contributed by atoms with E-state index in [1.807, 2.05) is 6.07 Å². The Morgan fingerprint density at radius 1 is 0.929 bits per heavy atom. The fourth-order valence-corrected chi connectivity index (χ4v) is 3.47. The van der Waals surface area contributed by atoms with E-state index in [1.54, 1.807) is 0 Å². The smallest absolute Gasteiger partial charge is 0.128 e. The molecule has 1 aromatic carbocycles. The first kappa shape index (κ1) is 24.5. The molecule has 1 rings (SSSR count). The summed E-state index contributed by atoms with van der Waals surface area (Å²) in [5, 5.41) is 22.9. The third-order valence-corrected chi connectivity index (χ3v) is 5.33. The molecule has 4 nitrogen and oxygen atoms in total. The lowest BCUT2D eigenvalue weighted by Gasteiger charge is -2.26. The fourth-order valence-electron chi connectivity index (χ4n) is 3.47. The van der Waals surface area contributed by atoms with Crippen LogP contribution in [-0.4, -0.2) is 34.5 Å². The van der Waals surface area contributed by atoms with Gasteiger partial charge in [-0.3, -0.25) is 4.90 Å². The molecular formula is C24H42N2O2. The summed E-state index contributed by atoms with van der Waals surface area (Å²) in [6.45, 7) is 13.8. The molecule has 28 heavy (non-hydrogen) atoms. The van der Waals surface area contributed by atoms with Gasteiger partial charge in [0.15, 0.2) is 0 Å². The van der Waals surface area contributed by atoms with Crippen LogP contribution in [0, 0.1) is 0 Å². The standard InChI is InChI=1S/C24H42N2O2/c1-6-8-10-12-14-26(15-13-11-9-7-2)19-21-17-22(24(3,4)5)16-20(18-25-28)23(21)27/h16-18,27-28H,6-15,19H2,1-5H3/b25-18-. The molecule has 0 unspecified atom stereocenters. The molecule has 0 radical (unpaired) electrons. The van der Waals surface area contributed by atoms with Crippen molar-refractivity contribution < 1.29 is 10.3 Å². The molecule has 0 aliphatic heterocycles. The van der Waals surface area contributed by atoms with Crippen LogP contribution in [-0.2, 0) is 12.0 Å². The zero-order chi connectivity index (χ0) is 21.0. The number of phenols is 1. The van der Waals surface area contributed by atoms with Crippen LogP contribution in [0.5, 0.6) is 5.75 Å². The van der Waals surface area contributed by atoms with Gasteiger partial charge in [-0.1, -0.05) is 84.4 Å². The molecule has 0 atom stereocenters. The van der Waals surface area contributed by atoms with Crippen molar-refractivity contribution in [1.82, 2.24) is 4.90 Å². The SMILES string of the molecule is CCCCCCN(CCCCCC)Cc1cc(C(C)(C)C)cc(/C=N\O)c1O. The van der Waals surface area contributed by atoms with Crippen molar-refractivity contribution in [2.24, 2.45) is 5.16 Å². The van der Waals surface area contributed by atoms with Gasteiger partial charge in [0.25, 0.3) is 0 Å². The average Bonchev–Trinajstić information content (AvgIpc) is 2.64. The molecule has 0 aliphatic rings. The number of benzene rings is 1. The van der Waals surface area contributed by atoms with E-state index in [-0.39, 0.29) is 11.2 Å². The Labute approximate surface area is 172 Å². The van der Waals surface area contributed by atoms with E-state index >= 15 is 0 Å². The number of rotatable bonds is 13. The van der Waals surface area contributed by atoms with E-state index in [1.165, 1.54) is 57.6 Å². The Kier molecular flexibility index (Phi) is 11.2. The highest BCUT2D eigenvalue weighted by atomic mass is 16.4. The van der Waals surface area contributed by atoms with E-state index in [2.05, 4.69) is 50.7 Å². The van der Waals surface area contributed by atoms with Crippen molar-refractivity contribution in [3.05, 3.63) is 28.8 Å². The monoisotopic (exact) mass is 390 g/mol. The molecule has 0 heterocycles. The lowest BCUT2D eigenvalue weighted by Crippen LogP contribution is -2.26. The van der Waals surface area contributed by atoms with Crippen molar-refractivity contribution in [3.8, 4) is 5.75 Å². The van der Waals surface area contributed by atoms with Gasteiger partial charge in [-0.15, -0.1) is 0 Å². The van der Waals surface area contributed by atoms with Crippen LogP contribution in [0.3, 0.4) is 0 Å². The van der Waals surface area contributed by atoms with Crippen molar-refractivity contribution in [3.63, 3.8) is 0 Å². The molecule has 0 aromatic heterocycles. The highest BCUT2D eigenvalue weighted by Gasteiger charge is 2.19. The quantitative estimate of drug-likeness (QED) is 0.176. The summed E-state index contributed by atoms with van der Waals surface area (Å²) in [6, 6.07) is 4.04. The summed E-state index contributed by atoms with van der Waals surface area (Å²) >= 11 is 0. The molecular weight excluding hydrogens is 348 g/mol. The number of phenolic OH excluding ortho intramolecular Hbond substituents is 1. The number of nitrogens with zero attached hydrogens (tertiary/aromatic N) is 2. The number of hydrogen-bond acceptors (Lipinski definition) is 4. The van der Waals surface area contributed by atoms with Gasteiger partial charge < -0.3 is 10.3 Å². The minimum absolute atomic E-state index is 0.0341. The van der Waals surface area contributed by atoms with Crippen LogP contribution in [0.25, 0.3) is 0 Å². The molecule has 0 fully saturated rings. The zero-order valence-electron chi connectivity index (χ0n) is 18.8. The minimum Gasteiger partial charge on any atom is -0.507 e. The maximum Gasteiger partial charge on any atom is 0.128 e. The third kappa shape index (κ3) is 8.64.